The number of amides is 2. The van der Waals surface area contributed by atoms with Gasteiger partial charge in [0.25, 0.3) is 5.69 Å². The Morgan fingerprint density at radius 1 is 0.943 bits per heavy atom. The molecule has 2 N–H and O–H groups in total. The van der Waals surface area contributed by atoms with Gasteiger partial charge < -0.3 is 20.1 Å². The molecule has 0 bridgehead atoms. The summed E-state index contributed by atoms with van der Waals surface area (Å²) >= 11 is 0. The molecule has 0 heterocycles. The second-order valence-electron chi connectivity index (χ2n) is 7.69. The average Bonchev–Trinajstić information content (AvgIpc) is 2.85. The number of ether oxygens (including phenoxy) is 2. The highest BCUT2D eigenvalue weighted by atomic mass is 16.6. The molecule has 2 amide bonds. The van der Waals surface area contributed by atoms with Crippen LogP contribution in [0.5, 0.6) is 0 Å². The SMILES string of the molecule is COC(=O)C[C@@H](c1ccc([N+](=O)[O-])cc1)[C@H](NC(=O)[C@@H](Cc1ccccc1)NC(C)=O)C(=O)OC. The zero-order valence-corrected chi connectivity index (χ0v) is 19.6. The first kappa shape index (κ1) is 27.0. The number of nitrogens with one attached hydrogen (secondary N) is 2. The summed E-state index contributed by atoms with van der Waals surface area (Å²) in [7, 11) is 2.30. The van der Waals surface area contributed by atoms with E-state index in [4.69, 9.17) is 9.47 Å². The Hall–Kier alpha value is -4.28. The van der Waals surface area contributed by atoms with Crippen LogP contribution in [0.4, 0.5) is 5.69 Å². The van der Waals surface area contributed by atoms with Crippen LogP contribution in [0.2, 0.25) is 0 Å². The van der Waals surface area contributed by atoms with Crippen molar-refractivity contribution >= 4 is 29.4 Å². The fourth-order valence-corrected chi connectivity index (χ4v) is 3.54. The summed E-state index contributed by atoms with van der Waals surface area (Å²) in [6.45, 7) is 1.26. The van der Waals surface area contributed by atoms with E-state index in [2.05, 4.69) is 10.6 Å². The molecule has 0 fully saturated rings. The molecule has 0 aliphatic carbocycles. The summed E-state index contributed by atoms with van der Waals surface area (Å²) in [5.41, 5.74) is 0.964. The van der Waals surface area contributed by atoms with Crippen molar-refractivity contribution in [3.63, 3.8) is 0 Å². The normalized spacial score (nSPS) is 13.0. The van der Waals surface area contributed by atoms with Crippen LogP contribution in [0.25, 0.3) is 0 Å². The van der Waals surface area contributed by atoms with E-state index in [1.807, 2.05) is 6.07 Å². The molecule has 0 unspecified atom stereocenters. The molecule has 0 aliphatic rings. The molecule has 0 spiro atoms. The second-order valence-corrected chi connectivity index (χ2v) is 7.69. The number of rotatable bonds is 11. The molecule has 3 atom stereocenters. The van der Waals surface area contributed by atoms with Crippen molar-refractivity contribution in [2.75, 3.05) is 14.2 Å². The molecule has 35 heavy (non-hydrogen) atoms. The maximum atomic E-state index is 13.2. The Balaban J connectivity index is 2.40. The van der Waals surface area contributed by atoms with Crippen molar-refractivity contribution in [1.29, 1.82) is 0 Å². The van der Waals surface area contributed by atoms with Crippen molar-refractivity contribution in [3.8, 4) is 0 Å². The lowest BCUT2D eigenvalue weighted by atomic mass is 9.87. The van der Waals surface area contributed by atoms with E-state index in [1.165, 1.54) is 38.3 Å². The van der Waals surface area contributed by atoms with Crippen molar-refractivity contribution in [2.24, 2.45) is 0 Å². The summed E-state index contributed by atoms with van der Waals surface area (Å²) in [5.74, 6) is -3.59. The van der Waals surface area contributed by atoms with Crippen molar-refractivity contribution in [2.45, 2.75) is 37.8 Å². The molecular formula is C24H27N3O8. The minimum absolute atomic E-state index is 0.152. The predicted molar refractivity (Wildman–Crippen MR) is 124 cm³/mol. The smallest absolute Gasteiger partial charge is 0.329 e. The lowest BCUT2D eigenvalue weighted by molar-refractivity contribution is -0.384. The van der Waals surface area contributed by atoms with Gasteiger partial charge in [0, 0.05) is 31.4 Å². The molecule has 0 aromatic heterocycles. The number of hydrogen-bond acceptors (Lipinski definition) is 8. The number of carbonyl (C=O) groups is 4. The summed E-state index contributed by atoms with van der Waals surface area (Å²) in [4.78, 5) is 60.3. The van der Waals surface area contributed by atoms with Gasteiger partial charge in [-0.2, -0.15) is 0 Å². The number of non-ortho nitro benzene ring substituents is 1. The molecule has 2 rings (SSSR count). The third-order valence-corrected chi connectivity index (χ3v) is 5.28. The Bertz CT molecular complexity index is 1060. The Morgan fingerprint density at radius 3 is 2.09 bits per heavy atom. The van der Waals surface area contributed by atoms with Crippen LogP contribution in [0.15, 0.2) is 54.6 Å². The Labute approximate surface area is 201 Å². The molecule has 0 radical (unpaired) electrons. The highest BCUT2D eigenvalue weighted by Crippen LogP contribution is 2.27. The first-order valence-corrected chi connectivity index (χ1v) is 10.7. The number of methoxy groups -OCH3 is 2. The van der Waals surface area contributed by atoms with Gasteiger partial charge in [-0.1, -0.05) is 42.5 Å². The molecule has 186 valence electrons. The monoisotopic (exact) mass is 485 g/mol. The molecule has 2 aromatic rings. The first-order valence-electron chi connectivity index (χ1n) is 10.7. The third-order valence-electron chi connectivity index (χ3n) is 5.28. The molecule has 0 saturated heterocycles. The molecule has 0 aliphatic heterocycles. The highest BCUT2D eigenvalue weighted by Gasteiger charge is 2.36. The van der Waals surface area contributed by atoms with Gasteiger partial charge in [0.15, 0.2) is 0 Å². The number of nitro benzene ring substituents is 1. The molecule has 0 saturated carbocycles. The first-order chi connectivity index (χ1) is 16.7. The number of nitrogens with zero attached hydrogens (tertiary/aromatic N) is 1. The maximum absolute atomic E-state index is 13.2. The summed E-state index contributed by atoms with van der Waals surface area (Å²) in [5, 5.41) is 16.2. The molecule has 11 nitrogen and oxygen atoms in total. The maximum Gasteiger partial charge on any atom is 0.329 e. The van der Waals surface area contributed by atoms with Crippen molar-refractivity contribution in [1.82, 2.24) is 10.6 Å². The number of carbonyl (C=O) groups excluding carboxylic acids is 4. The number of hydrogen-bond donors (Lipinski definition) is 2. The van der Waals surface area contributed by atoms with Crippen molar-refractivity contribution < 1.29 is 33.6 Å². The van der Waals surface area contributed by atoms with Crippen LogP contribution in [0.1, 0.15) is 30.4 Å². The van der Waals surface area contributed by atoms with Crippen molar-refractivity contribution in [3.05, 3.63) is 75.8 Å². The van der Waals surface area contributed by atoms with Gasteiger partial charge in [-0.3, -0.25) is 24.5 Å². The highest BCUT2D eigenvalue weighted by molar-refractivity contribution is 5.91. The van der Waals surface area contributed by atoms with E-state index in [9.17, 15) is 29.3 Å². The predicted octanol–water partition coefficient (Wildman–Crippen LogP) is 1.65. The summed E-state index contributed by atoms with van der Waals surface area (Å²) < 4.78 is 9.61. The minimum atomic E-state index is -1.35. The van der Waals surface area contributed by atoms with E-state index in [0.717, 1.165) is 12.7 Å². The zero-order valence-electron chi connectivity index (χ0n) is 19.6. The lowest BCUT2D eigenvalue weighted by Gasteiger charge is -2.28. The fraction of sp³-hybridized carbons (Fsp3) is 0.333. The van der Waals surface area contributed by atoms with E-state index >= 15 is 0 Å². The zero-order chi connectivity index (χ0) is 26.0. The van der Waals surface area contributed by atoms with Crippen LogP contribution in [0, 0.1) is 10.1 Å². The Morgan fingerprint density at radius 2 is 1.57 bits per heavy atom. The van der Waals surface area contributed by atoms with Gasteiger partial charge in [-0.15, -0.1) is 0 Å². The third kappa shape index (κ3) is 7.91. The van der Waals surface area contributed by atoms with Crippen LogP contribution in [0.3, 0.4) is 0 Å². The fourth-order valence-electron chi connectivity index (χ4n) is 3.54. The van der Waals surface area contributed by atoms with E-state index in [1.54, 1.807) is 24.3 Å². The van der Waals surface area contributed by atoms with Gasteiger partial charge >= 0.3 is 11.9 Å². The average molecular weight is 485 g/mol. The van der Waals surface area contributed by atoms with Crippen LogP contribution in [-0.2, 0) is 35.1 Å². The number of esters is 2. The molecular weight excluding hydrogens is 458 g/mol. The lowest BCUT2D eigenvalue weighted by Crippen LogP contribution is -2.54. The van der Waals surface area contributed by atoms with Crippen LogP contribution < -0.4 is 10.6 Å². The van der Waals surface area contributed by atoms with Gasteiger partial charge in [0.2, 0.25) is 11.8 Å². The van der Waals surface area contributed by atoms with Gasteiger partial charge in [0.05, 0.1) is 25.6 Å². The Kier molecular flexibility index (Phi) is 9.88. The van der Waals surface area contributed by atoms with Crippen LogP contribution >= 0.6 is 0 Å². The largest absolute Gasteiger partial charge is 0.469 e. The van der Waals surface area contributed by atoms with E-state index < -0.39 is 46.7 Å². The molecule has 11 heteroatoms. The topological polar surface area (TPSA) is 154 Å². The number of benzene rings is 2. The minimum Gasteiger partial charge on any atom is -0.469 e. The quantitative estimate of drug-likeness (QED) is 0.277. The molecule has 2 aromatic carbocycles. The standard InChI is InChI=1S/C24H27N3O8/c1-15(28)25-20(13-16-7-5-4-6-8-16)23(30)26-22(24(31)35-3)19(14-21(29)34-2)17-9-11-18(12-10-17)27(32)33/h4-12,19-20,22H,13-14H2,1-3H3,(H,25,28)(H,26,30)/t19-,20+,22-/m0/s1. The van der Waals surface area contributed by atoms with Gasteiger partial charge in [-0.05, 0) is 11.1 Å². The summed E-state index contributed by atoms with van der Waals surface area (Å²) in [6.07, 6.45) is -0.169. The van der Waals surface area contributed by atoms with Gasteiger partial charge in [-0.25, -0.2) is 4.79 Å². The van der Waals surface area contributed by atoms with Crippen LogP contribution in [-0.4, -0.2) is 55.0 Å². The van der Waals surface area contributed by atoms with E-state index in [-0.39, 0.29) is 18.5 Å². The second kappa shape index (κ2) is 12.8. The van der Waals surface area contributed by atoms with Gasteiger partial charge in [0.1, 0.15) is 12.1 Å². The van der Waals surface area contributed by atoms with E-state index in [0.29, 0.717) is 5.56 Å². The summed E-state index contributed by atoms with van der Waals surface area (Å²) in [6, 6.07) is 11.8. The number of nitro groups is 1.